The van der Waals surface area contributed by atoms with E-state index in [9.17, 15) is 23.7 Å². The summed E-state index contributed by atoms with van der Waals surface area (Å²) in [6.07, 6.45) is -2.26. The largest absolute Gasteiger partial charge is 0.302 e. The second-order valence-corrected chi connectivity index (χ2v) is 3.36. The number of hydrogen-bond acceptors (Lipinski definition) is 4. The summed E-state index contributed by atoms with van der Waals surface area (Å²) in [5.74, 6) is -1.66. The number of ketones is 1. The van der Waals surface area contributed by atoms with Crippen LogP contribution < -0.4 is 0 Å². The Hall–Kier alpha value is -1.44. The molecule has 15 heavy (non-hydrogen) atoms. The summed E-state index contributed by atoms with van der Waals surface area (Å²) in [5, 5.41) is 10.4. The Balaban J connectivity index is 3.29. The highest BCUT2D eigenvalue weighted by atomic mass is 79.9. The minimum Gasteiger partial charge on any atom is -0.286 e. The van der Waals surface area contributed by atoms with Crippen molar-refractivity contribution in [3.05, 3.63) is 32.5 Å². The van der Waals surface area contributed by atoms with Gasteiger partial charge in [-0.15, -0.1) is 0 Å². The molecule has 0 atom stereocenters. The molecule has 0 radical (unpaired) electrons. The maximum Gasteiger partial charge on any atom is 0.302 e. The number of alkyl halides is 2. The molecule has 8 heteroatoms. The van der Waals surface area contributed by atoms with Crippen molar-refractivity contribution in [1.29, 1.82) is 0 Å². The second kappa shape index (κ2) is 4.39. The molecule has 0 aliphatic carbocycles. The fraction of sp³-hybridized carbons (Fsp3) is 0.143. The van der Waals surface area contributed by atoms with Crippen LogP contribution in [0.4, 0.5) is 14.5 Å². The molecule has 0 unspecified atom stereocenters. The van der Waals surface area contributed by atoms with E-state index in [1.54, 1.807) is 0 Å². The van der Waals surface area contributed by atoms with E-state index in [4.69, 9.17) is 0 Å². The van der Waals surface area contributed by atoms with Crippen LogP contribution in [0, 0.1) is 10.1 Å². The van der Waals surface area contributed by atoms with E-state index in [0.29, 0.717) is 0 Å². The number of aromatic nitrogens is 1. The first-order chi connectivity index (χ1) is 6.93. The lowest BCUT2D eigenvalue weighted by Gasteiger charge is -2.00. The van der Waals surface area contributed by atoms with Gasteiger partial charge in [0.2, 0.25) is 0 Å². The lowest BCUT2D eigenvalue weighted by molar-refractivity contribution is -0.385. The van der Waals surface area contributed by atoms with Crippen LogP contribution in [-0.2, 0) is 0 Å². The van der Waals surface area contributed by atoms with Crippen molar-refractivity contribution < 1.29 is 18.5 Å². The lowest BCUT2D eigenvalue weighted by Crippen LogP contribution is -2.14. The van der Waals surface area contributed by atoms with Crippen molar-refractivity contribution in [1.82, 2.24) is 4.98 Å². The van der Waals surface area contributed by atoms with Crippen LogP contribution in [-0.4, -0.2) is 22.1 Å². The second-order valence-electron chi connectivity index (χ2n) is 2.44. The SMILES string of the molecule is O=C(c1ncc(Br)cc1[N+](=O)[O-])C(F)F. The number of nitrogens with zero attached hydrogens (tertiary/aromatic N) is 2. The van der Waals surface area contributed by atoms with Crippen molar-refractivity contribution in [2.45, 2.75) is 6.43 Å². The third-order valence-electron chi connectivity index (χ3n) is 1.46. The Morgan fingerprint density at radius 3 is 2.67 bits per heavy atom. The van der Waals surface area contributed by atoms with Gasteiger partial charge in [-0.3, -0.25) is 14.9 Å². The summed E-state index contributed by atoms with van der Waals surface area (Å²) >= 11 is 2.89. The van der Waals surface area contributed by atoms with Crippen LogP contribution in [0.25, 0.3) is 0 Å². The van der Waals surface area contributed by atoms with Gasteiger partial charge in [-0.2, -0.15) is 0 Å². The Kier molecular flexibility index (Phi) is 3.40. The predicted molar refractivity (Wildman–Crippen MR) is 48.9 cm³/mol. The minimum atomic E-state index is -3.31. The van der Waals surface area contributed by atoms with Crippen LogP contribution >= 0.6 is 15.9 Å². The van der Waals surface area contributed by atoms with Gasteiger partial charge in [0, 0.05) is 16.7 Å². The molecule has 1 rings (SSSR count). The van der Waals surface area contributed by atoms with Crippen molar-refractivity contribution in [2.24, 2.45) is 0 Å². The summed E-state index contributed by atoms with van der Waals surface area (Å²) in [4.78, 5) is 23.7. The molecule has 80 valence electrons. The molecule has 0 aliphatic heterocycles. The first kappa shape index (κ1) is 11.6. The average molecular weight is 281 g/mol. The molecule has 0 fully saturated rings. The predicted octanol–water partition coefficient (Wildman–Crippen LogP) is 2.20. The fourth-order valence-electron chi connectivity index (χ4n) is 0.861. The van der Waals surface area contributed by atoms with Crippen molar-refractivity contribution >= 4 is 27.4 Å². The highest BCUT2D eigenvalue weighted by Gasteiger charge is 2.28. The van der Waals surface area contributed by atoms with Gasteiger partial charge < -0.3 is 0 Å². The number of hydrogen-bond donors (Lipinski definition) is 0. The summed E-state index contributed by atoms with van der Waals surface area (Å²) in [6, 6.07) is 0.947. The zero-order valence-electron chi connectivity index (χ0n) is 6.99. The van der Waals surface area contributed by atoms with Crippen LogP contribution in [0.2, 0.25) is 0 Å². The molecular weight excluding hydrogens is 278 g/mol. The third-order valence-corrected chi connectivity index (χ3v) is 1.90. The highest BCUT2D eigenvalue weighted by molar-refractivity contribution is 9.10. The monoisotopic (exact) mass is 280 g/mol. The standard InChI is InChI=1S/C7H3BrF2N2O3/c8-3-1-4(12(14)15)5(11-2-3)6(13)7(9)10/h1-2,7H. The summed E-state index contributed by atoms with van der Waals surface area (Å²) in [5.41, 5.74) is -1.58. The number of carbonyl (C=O) groups excluding carboxylic acids is 1. The van der Waals surface area contributed by atoms with Crippen molar-refractivity contribution in [3.8, 4) is 0 Å². The van der Waals surface area contributed by atoms with E-state index in [1.807, 2.05) is 0 Å². The smallest absolute Gasteiger partial charge is 0.286 e. The molecule has 0 saturated heterocycles. The van der Waals surface area contributed by atoms with E-state index in [0.717, 1.165) is 12.3 Å². The van der Waals surface area contributed by atoms with Gasteiger partial charge in [0.15, 0.2) is 5.69 Å². The summed E-state index contributed by atoms with van der Waals surface area (Å²) in [7, 11) is 0. The number of carbonyl (C=O) groups is 1. The first-order valence-corrected chi connectivity index (χ1v) is 4.35. The zero-order valence-corrected chi connectivity index (χ0v) is 8.57. The van der Waals surface area contributed by atoms with E-state index < -0.39 is 28.5 Å². The Morgan fingerprint density at radius 2 is 2.20 bits per heavy atom. The fourth-order valence-corrected chi connectivity index (χ4v) is 1.18. The molecule has 0 N–H and O–H groups in total. The third kappa shape index (κ3) is 2.52. The maximum atomic E-state index is 12.0. The van der Waals surface area contributed by atoms with Crippen LogP contribution in [0.1, 0.15) is 10.5 Å². The molecule has 0 bridgehead atoms. The van der Waals surface area contributed by atoms with Gasteiger partial charge in [0.25, 0.3) is 11.5 Å². The summed E-state index contributed by atoms with van der Waals surface area (Å²) in [6.45, 7) is 0. The quantitative estimate of drug-likeness (QED) is 0.483. The Labute approximate surface area is 90.4 Å². The molecule has 0 aliphatic rings. The maximum absolute atomic E-state index is 12.0. The van der Waals surface area contributed by atoms with Gasteiger partial charge in [-0.25, -0.2) is 13.8 Å². The molecule has 1 aromatic rings. The van der Waals surface area contributed by atoms with Gasteiger partial charge in [0.05, 0.1) is 4.92 Å². The van der Waals surface area contributed by atoms with E-state index in [1.165, 1.54) is 0 Å². The van der Waals surface area contributed by atoms with Crippen molar-refractivity contribution in [3.63, 3.8) is 0 Å². The van der Waals surface area contributed by atoms with Gasteiger partial charge >= 0.3 is 6.43 Å². The van der Waals surface area contributed by atoms with Gasteiger partial charge in [-0.1, -0.05) is 0 Å². The molecule has 1 aromatic heterocycles. The van der Waals surface area contributed by atoms with Gasteiger partial charge in [-0.05, 0) is 15.9 Å². The molecule has 0 spiro atoms. The lowest BCUT2D eigenvalue weighted by atomic mass is 10.2. The number of pyridine rings is 1. The molecule has 1 heterocycles. The first-order valence-electron chi connectivity index (χ1n) is 3.55. The van der Waals surface area contributed by atoms with Crippen molar-refractivity contribution in [2.75, 3.05) is 0 Å². The number of nitro groups is 1. The molecule has 0 amide bonds. The Morgan fingerprint density at radius 1 is 1.60 bits per heavy atom. The van der Waals surface area contributed by atoms with E-state index in [-0.39, 0.29) is 4.47 Å². The molecule has 5 nitrogen and oxygen atoms in total. The number of rotatable bonds is 3. The van der Waals surface area contributed by atoms with Crippen LogP contribution in [0.15, 0.2) is 16.7 Å². The van der Waals surface area contributed by atoms with Crippen LogP contribution in [0.3, 0.4) is 0 Å². The minimum absolute atomic E-state index is 0.236. The Bertz CT molecular complexity index is 425. The normalized spacial score (nSPS) is 10.4. The van der Waals surface area contributed by atoms with Gasteiger partial charge in [0.1, 0.15) is 0 Å². The summed E-state index contributed by atoms with van der Waals surface area (Å²) < 4.78 is 24.3. The van der Waals surface area contributed by atoms with Crippen LogP contribution in [0.5, 0.6) is 0 Å². The molecule has 0 aromatic carbocycles. The van der Waals surface area contributed by atoms with E-state index in [2.05, 4.69) is 20.9 Å². The number of halogens is 3. The zero-order chi connectivity index (χ0) is 11.6. The average Bonchev–Trinajstić information content (AvgIpc) is 2.16. The highest BCUT2D eigenvalue weighted by Crippen LogP contribution is 2.22. The molecular formula is C7H3BrF2N2O3. The van der Waals surface area contributed by atoms with E-state index >= 15 is 0 Å². The number of Topliss-reactive ketones (excluding diaryl/α,β-unsaturated/α-hetero) is 1. The topological polar surface area (TPSA) is 73.1 Å². The molecule has 0 saturated carbocycles.